The van der Waals surface area contributed by atoms with Gasteiger partial charge in [-0.3, -0.25) is 0 Å². The fourth-order valence-electron chi connectivity index (χ4n) is 1.37. The van der Waals surface area contributed by atoms with E-state index in [9.17, 15) is 13.2 Å². The number of alkyl halides is 3. The molecule has 4 nitrogen and oxygen atoms in total. The molecular weight excluding hydrogens is 259 g/mol. The highest BCUT2D eigenvalue weighted by molar-refractivity contribution is 6.31. The predicted octanol–water partition coefficient (Wildman–Crippen LogP) is 3.70. The van der Waals surface area contributed by atoms with E-state index in [1.807, 2.05) is 0 Å². The van der Waals surface area contributed by atoms with E-state index < -0.39 is 30.0 Å². The Balaban J connectivity index is 3.43. The molecule has 1 atom stereocenters. The van der Waals surface area contributed by atoms with Gasteiger partial charge in [0.15, 0.2) is 0 Å². The van der Waals surface area contributed by atoms with Gasteiger partial charge in [-0.15, -0.1) is 0 Å². The number of benzene rings is 1. The van der Waals surface area contributed by atoms with Crippen LogP contribution in [0.25, 0.3) is 10.4 Å². The van der Waals surface area contributed by atoms with E-state index in [-0.39, 0.29) is 5.02 Å². The number of halogens is 4. The van der Waals surface area contributed by atoms with Gasteiger partial charge in [0.1, 0.15) is 0 Å². The third kappa shape index (κ3) is 3.03. The predicted molar refractivity (Wildman–Crippen MR) is 55.4 cm³/mol. The Bertz CT molecular complexity index is 457. The van der Waals surface area contributed by atoms with Crippen LogP contribution in [0.1, 0.15) is 17.2 Å². The summed E-state index contributed by atoms with van der Waals surface area (Å²) in [4.78, 5) is 2.39. The molecule has 0 fully saturated rings. The van der Waals surface area contributed by atoms with Crippen molar-refractivity contribution in [2.24, 2.45) is 5.11 Å². The van der Waals surface area contributed by atoms with Crippen LogP contribution in [0.15, 0.2) is 23.3 Å². The van der Waals surface area contributed by atoms with Crippen molar-refractivity contribution in [2.75, 3.05) is 6.61 Å². The summed E-state index contributed by atoms with van der Waals surface area (Å²) in [7, 11) is 0. The van der Waals surface area contributed by atoms with Gasteiger partial charge in [0, 0.05) is 9.93 Å². The van der Waals surface area contributed by atoms with Crippen LogP contribution in [0.4, 0.5) is 13.2 Å². The number of nitrogens with zero attached hydrogens (tertiary/aromatic N) is 3. The summed E-state index contributed by atoms with van der Waals surface area (Å²) >= 11 is 5.65. The molecule has 8 heteroatoms. The minimum absolute atomic E-state index is 0.203. The highest BCUT2D eigenvalue weighted by atomic mass is 35.5. The largest absolute Gasteiger partial charge is 0.416 e. The summed E-state index contributed by atoms with van der Waals surface area (Å²) < 4.78 is 38.1. The monoisotopic (exact) mass is 265 g/mol. The molecule has 0 amide bonds. The Morgan fingerprint density at radius 2 is 2.12 bits per heavy atom. The smallest absolute Gasteiger partial charge is 0.396 e. The van der Waals surface area contributed by atoms with Gasteiger partial charge < -0.3 is 5.11 Å². The maximum Gasteiger partial charge on any atom is 0.416 e. The highest BCUT2D eigenvalue weighted by Crippen LogP contribution is 2.39. The summed E-state index contributed by atoms with van der Waals surface area (Å²) in [5.74, 6) is 0. The van der Waals surface area contributed by atoms with Crippen molar-refractivity contribution in [3.63, 3.8) is 0 Å². The minimum atomic E-state index is -4.63. The van der Waals surface area contributed by atoms with Crippen molar-refractivity contribution in [1.82, 2.24) is 0 Å². The van der Waals surface area contributed by atoms with E-state index in [1.54, 1.807) is 0 Å². The fraction of sp³-hybridized carbons (Fsp3) is 0.333. The standard InChI is InChI=1S/C9H7ClF3N3O/c10-6-3-1-2-5(9(11,12)13)8(6)7(4-17)15-16-14/h1-3,7,17H,4H2. The number of hydrogen-bond donors (Lipinski definition) is 1. The van der Waals surface area contributed by atoms with Gasteiger partial charge in [-0.1, -0.05) is 22.8 Å². The van der Waals surface area contributed by atoms with E-state index in [0.717, 1.165) is 12.1 Å². The molecule has 0 spiro atoms. The SMILES string of the molecule is [N-]=[N+]=NC(CO)c1c(Cl)cccc1C(F)(F)F. The quantitative estimate of drug-likeness (QED) is 0.505. The molecule has 1 unspecified atom stereocenters. The molecule has 1 N–H and O–H groups in total. The molecule has 0 saturated heterocycles. The average Bonchev–Trinajstić information content (AvgIpc) is 2.25. The summed E-state index contributed by atoms with van der Waals surface area (Å²) in [5, 5.41) is 11.8. The summed E-state index contributed by atoms with van der Waals surface area (Å²) in [6.07, 6.45) is -4.63. The molecule has 0 radical (unpaired) electrons. The van der Waals surface area contributed by atoms with Crippen molar-refractivity contribution >= 4 is 11.6 Å². The molecule has 0 bridgehead atoms. The van der Waals surface area contributed by atoms with Gasteiger partial charge in [-0.05, 0) is 23.2 Å². The van der Waals surface area contributed by atoms with Crippen molar-refractivity contribution < 1.29 is 18.3 Å². The summed E-state index contributed by atoms with van der Waals surface area (Å²) in [6, 6.07) is 1.84. The second-order valence-electron chi connectivity index (χ2n) is 3.10. The van der Waals surface area contributed by atoms with Crippen molar-refractivity contribution in [3.8, 4) is 0 Å². The molecule has 92 valence electrons. The zero-order chi connectivity index (χ0) is 13.1. The average molecular weight is 266 g/mol. The Morgan fingerprint density at radius 1 is 1.47 bits per heavy atom. The zero-order valence-corrected chi connectivity index (χ0v) is 9.07. The van der Waals surface area contributed by atoms with Crippen LogP contribution < -0.4 is 0 Å². The molecule has 0 aliphatic carbocycles. The maximum atomic E-state index is 12.7. The molecule has 17 heavy (non-hydrogen) atoms. The Labute approximate surface area is 99.3 Å². The molecule has 1 aromatic carbocycles. The topological polar surface area (TPSA) is 69.0 Å². The molecule has 0 aliphatic rings. The van der Waals surface area contributed by atoms with E-state index in [1.165, 1.54) is 6.07 Å². The lowest BCUT2D eigenvalue weighted by Gasteiger charge is -2.17. The molecule has 1 aromatic rings. The lowest BCUT2D eigenvalue weighted by molar-refractivity contribution is -0.138. The van der Waals surface area contributed by atoms with Gasteiger partial charge in [-0.2, -0.15) is 13.2 Å². The first-order chi connectivity index (χ1) is 7.91. The van der Waals surface area contributed by atoms with Gasteiger partial charge >= 0.3 is 6.18 Å². The van der Waals surface area contributed by atoms with Crippen LogP contribution in [-0.2, 0) is 6.18 Å². The molecule has 0 aliphatic heterocycles. The van der Waals surface area contributed by atoms with Crippen molar-refractivity contribution in [2.45, 2.75) is 12.2 Å². The fourth-order valence-corrected chi connectivity index (χ4v) is 1.67. The van der Waals surface area contributed by atoms with Crippen LogP contribution in [-0.4, -0.2) is 11.7 Å². The van der Waals surface area contributed by atoms with Gasteiger partial charge in [0.05, 0.1) is 18.2 Å². The summed E-state index contributed by atoms with van der Waals surface area (Å²) in [6.45, 7) is -0.753. The van der Waals surface area contributed by atoms with Gasteiger partial charge in [0.25, 0.3) is 0 Å². The van der Waals surface area contributed by atoms with Crippen LogP contribution in [0, 0.1) is 0 Å². The number of hydrogen-bond acceptors (Lipinski definition) is 2. The first-order valence-corrected chi connectivity index (χ1v) is 4.80. The normalized spacial score (nSPS) is 13.0. The van der Waals surface area contributed by atoms with Gasteiger partial charge in [0.2, 0.25) is 0 Å². The lowest BCUT2D eigenvalue weighted by Crippen LogP contribution is -2.13. The van der Waals surface area contributed by atoms with E-state index in [2.05, 4.69) is 10.0 Å². The molecule has 0 saturated carbocycles. The van der Waals surface area contributed by atoms with E-state index in [4.69, 9.17) is 22.2 Å². The van der Waals surface area contributed by atoms with Crippen molar-refractivity contribution in [1.29, 1.82) is 0 Å². The molecular formula is C9H7ClF3N3O. The summed E-state index contributed by atoms with van der Waals surface area (Å²) in [5.41, 5.74) is 6.80. The Morgan fingerprint density at radius 3 is 2.59 bits per heavy atom. The maximum absolute atomic E-state index is 12.7. The molecule has 1 rings (SSSR count). The van der Waals surface area contributed by atoms with Crippen LogP contribution in [0.5, 0.6) is 0 Å². The van der Waals surface area contributed by atoms with Crippen LogP contribution in [0.2, 0.25) is 5.02 Å². The van der Waals surface area contributed by atoms with E-state index in [0.29, 0.717) is 0 Å². The highest BCUT2D eigenvalue weighted by Gasteiger charge is 2.35. The number of rotatable bonds is 3. The third-order valence-corrected chi connectivity index (χ3v) is 2.39. The van der Waals surface area contributed by atoms with Gasteiger partial charge in [-0.25, -0.2) is 0 Å². The second kappa shape index (κ2) is 5.27. The number of azide groups is 1. The van der Waals surface area contributed by atoms with Crippen molar-refractivity contribution in [3.05, 3.63) is 44.8 Å². The first-order valence-electron chi connectivity index (χ1n) is 4.42. The molecule has 0 aromatic heterocycles. The van der Waals surface area contributed by atoms with Crippen LogP contribution in [0.3, 0.4) is 0 Å². The number of aliphatic hydroxyl groups is 1. The minimum Gasteiger partial charge on any atom is -0.396 e. The second-order valence-corrected chi connectivity index (χ2v) is 3.51. The van der Waals surface area contributed by atoms with E-state index >= 15 is 0 Å². The Hall–Kier alpha value is -1.43. The Kier molecular flexibility index (Phi) is 4.22. The number of aliphatic hydroxyl groups excluding tert-OH is 1. The lowest BCUT2D eigenvalue weighted by atomic mass is 10.0. The first kappa shape index (κ1) is 13.6. The van der Waals surface area contributed by atoms with Crippen LogP contribution >= 0.6 is 11.6 Å². The zero-order valence-electron chi connectivity index (χ0n) is 8.32. The third-order valence-electron chi connectivity index (χ3n) is 2.06. The molecule has 0 heterocycles.